The third-order valence-corrected chi connectivity index (χ3v) is 6.33. The normalized spacial score (nSPS) is 20.9. The summed E-state index contributed by atoms with van der Waals surface area (Å²) in [5.74, 6) is 1.46. The summed E-state index contributed by atoms with van der Waals surface area (Å²) < 4.78 is 13.3. The maximum Gasteiger partial charge on any atom is 0.267 e. The van der Waals surface area contributed by atoms with Gasteiger partial charge in [0.15, 0.2) is 11.5 Å². The van der Waals surface area contributed by atoms with E-state index in [9.17, 15) is 9.59 Å². The highest BCUT2D eigenvalue weighted by Crippen LogP contribution is 2.36. The fourth-order valence-corrected chi connectivity index (χ4v) is 4.41. The van der Waals surface area contributed by atoms with Crippen LogP contribution in [0.15, 0.2) is 29.4 Å². The number of nitrogens with zero attached hydrogens (tertiary/aromatic N) is 6. The van der Waals surface area contributed by atoms with Crippen LogP contribution in [0.25, 0.3) is 0 Å². The summed E-state index contributed by atoms with van der Waals surface area (Å²) in [4.78, 5) is 28.9. The highest BCUT2D eigenvalue weighted by atomic mass is 32.2. The summed E-state index contributed by atoms with van der Waals surface area (Å²) in [6.07, 6.45) is 1.52. The van der Waals surface area contributed by atoms with Gasteiger partial charge in [-0.2, -0.15) is 0 Å². The Morgan fingerprint density at radius 3 is 2.57 bits per heavy atom. The Hall–Kier alpha value is -2.82. The van der Waals surface area contributed by atoms with Gasteiger partial charge in [-0.05, 0) is 35.4 Å². The summed E-state index contributed by atoms with van der Waals surface area (Å²) in [6, 6.07) is 7.71. The average molecular weight is 430 g/mol. The van der Waals surface area contributed by atoms with E-state index in [2.05, 4.69) is 15.5 Å². The van der Waals surface area contributed by atoms with Crippen LogP contribution in [0.4, 0.5) is 0 Å². The molecule has 1 aromatic heterocycles. The minimum absolute atomic E-state index is 0.0311. The number of thioether (sulfide) groups is 1. The minimum atomic E-state index is -0.654. The van der Waals surface area contributed by atoms with Gasteiger partial charge in [-0.25, -0.2) is 4.68 Å². The molecule has 5 rings (SSSR count). The van der Waals surface area contributed by atoms with Crippen molar-refractivity contribution in [1.29, 1.82) is 0 Å². The number of fused-ring (bicyclic) bond motifs is 1. The Kier molecular flexibility index (Phi) is 5.19. The number of hydrogen-bond donors (Lipinski definition) is 0. The number of benzene rings is 1. The number of rotatable bonds is 5. The Morgan fingerprint density at radius 1 is 1.07 bits per heavy atom. The number of carbonyl (C=O) groups excluding carboxylic acids is 2. The summed E-state index contributed by atoms with van der Waals surface area (Å²) in [5.41, 5.74) is 0. The first-order valence-electron chi connectivity index (χ1n) is 10.0. The molecule has 1 unspecified atom stereocenters. The van der Waals surface area contributed by atoms with E-state index >= 15 is 0 Å². The van der Waals surface area contributed by atoms with Crippen LogP contribution in [0.1, 0.15) is 18.9 Å². The predicted octanol–water partition coefficient (Wildman–Crippen LogP) is 0.611. The second kappa shape index (κ2) is 8.13. The summed E-state index contributed by atoms with van der Waals surface area (Å²) in [7, 11) is 0. The van der Waals surface area contributed by atoms with Gasteiger partial charge in [0.2, 0.25) is 17.2 Å². The lowest BCUT2D eigenvalue weighted by atomic mass is 10.2. The van der Waals surface area contributed by atoms with Crippen molar-refractivity contribution in [2.75, 3.05) is 38.5 Å². The van der Waals surface area contributed by atoms with Crippen LogP contribution in [0, 0.1) is 0 Å². The largest absolute Gasteiger partial charge is 0.485 e. The molecule has 2 fully saturated rings. The van der Waals surface area contributed by atoms with Crippen LogP contribution in [0.3, 0.4) is 0 Å². The maximum atomic E-state index is 12.8. The third kappa shape index (κ3) is 3.93. The molecular formula is C19H22N6O4S. The van der Waals surface area contributed by atoms with Crippen LogP contribution >= 0.6 is 11.8 Å². The minimum Gasteiger partial charge on any atom is -0.485 e. The van der Waals surface area contributed by atoms with Gasteiger partial charge in [0.05, 0.1) is 11.8 Å². The van der Waals surface area contributed by atoms with Crippen molar-refractivity contribution >= 4 is 23.6 Å². The van der Waals surface area contributed by atoms with Crippen molar-refractivity contribution in [3.8, 4) is 11.5 Å². The molecule has 1 aromatic carbocycles. The first-order chi connectivity index (χ1) is 14.7. The molecule has 2 aliphatic heterocycles. The van der Waals surface area contributed by atoms with Crippen LogP contribution < -0.4 is 9.47 Å². The first-order valence-corrected chi connectivity index (χ1v) is 11.0. The van der Waals surface area contributed by atoms with E-state index < -0.39 is 6.10 Å². The number of para-hydroxylation sites is 2. The summed E-state index contributed by atoms with van der Waals surface area (Å²) in [5, 5.41) is 12.4. The molecule has 0 N–H and O–H groups in total. The molecule has 3 aliphatic rings. The molecule has 1 saturated carbocycles. The van der Waals surface area contributed by atoms with E-state index in [1.807, 2.05) is 18.2 Å². The Labute approximate surface area is 177 Å². The van der Waals surface area contributed by atoms with Gasteiger partial charge >= 0.3 is 0 Å². The summed E-state index contributed by atoms with van der Waals surface area (Å²) >= 11 is 1.37. The van der Waals surface area contributed by atoms with Crippen molar-refractivity contribution in [3.05, 3.63) is 24.3 Å². The quantitative estimate of drug-likeness (QED) is 0.636. The van der Waals surface area contributed by atoms with E-state index in [4.69, 9.17) is 9.47 Å². The number of carbonyl (C=O) groups is 2. The molecule has 11 heteroatoms. The molecule has 0 spiro atoms. The van der Waals surface area contributed by atoms with Crippen molar-refractivity contribution in [1.82, 2.24) is 30.0 Å². The van der Waals surface area contributed by atoms with Gasteiger partial charge in [-0.3, -0.25) is 9.59 Å². The van der Waals surface area contributed by atoms with Gasteiger partial charge in [0.25, 0.3) is 5.91 Å². The van der Waals surface area contributed by atoms with Crippen molar-refractivity contribution in [3.63, 3.8) is 0 Å². The highest BCUT2D eigenvalue weighted by molar-refractivity contribution is 7.99. The Morgan fingerprint density at radius 2 is 1.80 bits per heavy atom. The van der Waals surface area contributed by atoms with Crippen LogP contribution in [-0.4, -0.2) is 86.5 Å². The SMILES string of the molecule is O=C(CSc1nnnn1C1CC1)N1CCN(C(=O)C2COc3ccccc3O2)CC1. The molecule has 30 heavy (non-hydrogen) atoms. The zero-order chi connectivity index (χ0) is 20.5. The molecule has 1 atom stereocenters. The number of hydrogen-bond acceptors (Lipinski definition) is 8. The lowest BCUT2D eigenvalue weighted by Crippen LogP contribution is -2.55. The number of piperazine rings is 1. The van der Waals surface area contributed by atoms with Crippen molar-refractivity contribution in [2.24, 2.45) is 0 Å². The molecule has 2 aromatic rings. The first kappa shape index (κ1) is 19.2. The van der Waals surface area contributed by atoms with Crippen LogP contribution in [0.2, 0.25) is 0 Å². The fraction of sp³-hybridized carbons (Fsp3) is 0.526. The Balaban J connectivity index is 1.10. The van der Waals surface area contributed by atoms with Gasteiger partial charge in [0.1, 0.15) is 6.61 Å². The standard InChI is InChI=1S/C19H22N6O4S/c26-17(12-30-19-20-21-22-25(19)13-5-6-13)23-7-9-24(10-8-23)18(27)16-11-28-14-3-1-2-4-15(14)29-16/h1-4,13,16H,5-12H2. The lowest BCUT2D eigenvalue weighted by molar-refractivity contribution is -0.145. The highest BCUT2D eigenvalue weighted by Gasteiger charge is 2.33. The number of aromatic nitrogens is 4. The topological polar surface area (TPSA) is 103 Å². The van der Waals surface area contributed by atoms with Crippen LogP contribution in [-0.2, 0) is 9.59 Å². The number of tetrazole rings is 1. The van der Waals surface area contributed by atoms with Crippen molar-refractivity contribution in [2.45, 2.75) is 30.1 Å². The zero-order valence-corrected chi connectivity index (χ0v) is 17.2. The smallest absolute Gasteiger partial charge is 0.267 e. The molecule has 0 bridgehead atoms. The third-order valence-electron chi connectivity index (χ3n) is 5.41. The molecule has 1 aliphatic carbocycles. The molecule has 10 nitrogen and oxygen atoms in total. The van der Waals surface area contributed by atoms with Gasteiger partial charge < -0.3 is 19.3 Å². The van der Waals surface area contributed by atoms with E-state index in [1.54, 1.807) is 20.5 Å². The fourth-order valence-electron chi connectivity index (χ4n) is 3.57. The van der Waals surface area contributed by atoms with E-state index in [1.165, 1.54) is 11.8 Å². The van der Waals surface area contributed by atoms with Gasteiger partial charge in [-0.1, -0.05) is 23.9 Å². The monoisotopic (exact) mass is 430 g/mol. The molecule has 3 heterocycles. The van der Waals surface area contributed by atoms with Gasteiger partial charge in [-0.15, -0.1) is 5.10 Å². The Bertz CT molecular complexity index is 941. The van der Waals surface area contributed by atoms with E-state index in [0.717, 1.165) is 12.8 Å². The summed E-state index contributed by atoms with van der Waals surface area (Å²) in [6.45, 7) is 2.17. The maximum absolute atomic E-state index is 12.8. The van der Waals surface area contributed by atoms with E-state index in [-0.39, 0.29) is 24.2 Å². The lowest BCUT2D eigenvalue weighted by Gasteiger charge is -2.37. The second-order valence-electron chi connectivity index (χ2n) is 7.50. The number of amides is 2. The zero-order valence-electron chi connectivity index (χ0n) is 16.3. The number of ether oxygens (including phenoxy) is 2. The molecule has 1 saturated heterocycles. The molecule has 0 radical (unpaired) electrons. The molecule has 158 valence electrons. The van der Waals surface area contributed by atoms with Gasteiger partial charge in [0, 0.05) is 26.2 Å². The van der Waals surface area contributed by atoms with E-state index in [0.29, 0.717) is 48.9 Å². The van der Waals surface area contributed by atoms with Crippen LogP contribution in [0.5, 0.6) is 11.5 Å². The van der Waals surface area contributed by atoms with Crippen molar-refractivity contribution < 1.29 is 19.1 Å². The average Bonchev–Trinajstić information content (AvgIpc) is 3.54. The second-order valence-corrected chi connectivity index (χ2v) is 8.44. The predicted molar refractivity (Wildman–Crippen MR) is 106 cm³/mol. The molecule has 2 amide bonds. The molecular weight excluding hydrogens is 408 g/mol.